The maximum Gasteiger partial charge on any atom is 0.261 e. The number of aromatic nitrogens is 1. The van der Waals surface area contributed by atoms with Crippen molar-refractivity contribution in [2.75, 3.05) is 6.54 Å². The van der Waals surface area contributed by atoms with Crippen LogP contribution in [0.15, 0.2) is 121 Å². The summed E-state index contributed by atoms with van der Waals surface area (Å²) in [6, 6.07) is 39.8. The van der Waals surface area contributed by atoms with Gasteiger partial charge in [0, 0.05) is 16.3 Å². The highest BCUT2D eigenvalue weighted by Crippen LogP contribution is 2.43. The largest absolute Gasteiger partial charge is 0.389 e. The molecule has 194 valence electrons. The van der Waals surface area contributed by atoms with Crippen LogP contribution < -0.4 is 0 Å². The van der Waals surface area contributed by atoms with Crippen LogP contribution in [0.1, 0.15) is 20.7 Å². The molecule has 5 aromatic carbocycles. The number of carbonyl (C=O) groups is 2. The molecule has 1 N–H and O–H groups in total. The Morgan fingerprint density at radius 2 is 1.15 bits per heavy atom. The third-order valence-corrected chi connectivity index (χ3v) is 7.72. The number of hydrogen-bond donors (Lipinski definition) is 1. The zero-order chi connectivity index (χ0) is 27.2. The van der Waals surface area contributed by atoms with E-state index < -0.39 is 6.10 Å². The topological polar surface area (TPSA) is 62.5 Å². The predicted octanol–water partition coefficient (Wildman–Crippen LogP) is 6.79. The Balaban J connectivity index is 1.41. The molecule has 1 aliphatic rings. The van der Waals surface area contributed by atoms with Gasteiger partial charge < -0.3 is 9.67 Å². The SMILES string of the molecule is O=C1c2ccccc2C(=O)N1C[C@H](O)Cn1c(-c2ccccc2)c(-c2ccccc2)c2ccc3ccccc3c21. The lowest BCUT2D eigenvalue weighted by Crippen LogP contribution is -2.38. The lowest BCUT2D eigenvalue weighted by atomic mass is 9.97. The molecule has 40 heavy (non-hydrogen) atoms. The summed E-state index contributed by atoms with van der Waals surface area (Å²) < 4.78 is 2.16. The highest BCUT2D eigenvalue weighted by molar-refractivity contribution is 6.21. The lowest BCUT2D eigenvalue weighted by molar-refractivity contribution is 0.0523. The fourth-order valence-electron chi connectivity index (χ4n) is 5.98. The standard InChI is InChI=1S/C35H26N2O3/c38-26(22-37-34(39)28-17-9-10-18-29(28)35(37)40)21-36-32(25-14-5-2-6-15-25)31(24-12-3-1-4-13-24)30-20-19-23-11-7-8-16-27(23)33(30)36/h1-20,26,38H,21-22H2/t26-/m1/s1. The van der Waals surface area contributed by atoms with Crippen molar-refractivity contribution in [3.05, 3.63) is 132 Å². The van der Waals surface area contributed by atoms with Gasteiger partial charge in [-0.1, -0.05) is 109 Å². The molecule has 0 spiro atoms. The van der Waals surface area contributed by atoms with Crippen LogP contribution in [0.3, 0.4) is 0 Å². The molecular weight excluding hydrogens is 496 g/mol. The quantitative estimate of drug-likeness (QED) is 0.245. The average Bonchev–Trinajstić information content (AvgIpc) is 3.45. The molecule has 0 unspecified atom stereocenters. The molecule has 0 saturated carbocycles. The van der Waals surface area contributed by atoms with Gasteiger partial charge in [0.1, 0.15) is 0 Å². The Labute approximate surface area is 231 Å². The second-order valence-electron chi connectivity index (χ2n) is 10.2. The first-order chi connectivity index (χ1) is 19.6. The number of rotatable bonds is 6. The lowest BCUT2D eigenvalue weighted by Gasteiger charge is -2.21. The second-order valence-corrected chi connectivity index (χ2v) is 10.2. The molecule has 1 atom stereocenters. The van der Waals surface area contributed by atoms with Gasteiger partial charge in [0.05, 0.1) is 41.5 Å². The van der Waals surface area contributed by atoms with Crippen LogP contribution >= 0.6 is 0 Å². The molecule has 2 heterocycles. The van der Waals surface area contributed by atoms with Crippen molar-refractivity contribution in [1.82, 2.24) is 9.47 Å². The summed E-state index contributed by atoms with van der Waals surface area (Å²) >= 11 is 0. The van der Waals surface area contributed by atoms with Gasteiger partial charge in [-0.2, -0.15) is 0 Å². The van der Waals surface area contributed by atoms with E-state index in [-0.39, 0.29) is 24.9 Å². The summed E-state index contributed by atoms with van der Waals surface area (Å²) in [5, 5.41) is 14.7. The highest BCUT2D eigenvalue weighted by Gasteiger charge is 2.36. The van der Waals surface area contributed by atoms with Crippen LogP contribution in [0, 0.1) is 0 Å². The number of β-amino-alcohol motifs (C(OH)–C–C–N with tert-alkyl or cyclic N) is 1. The molecule has 0 saturated heterocycles. The number of amides is 2. The first-order valence-electron chi connectivity index (χ1n) is 13.4. The summed E-state index contributed by atoms with van der Waals surface area (Å²) in [6.07, 6.45) is -0.983. The minimum Gasteiger partial charge on any atom is -0.389 e. The smallest absolute Gasteiger partial charge is 0.261 e. The van der Waals surface area contributed by atoms with Crippen molar-refractivity contribution in [2.24, 2.45) is 0 Å². The molecule has 1 aromatic heterocycles. The Kier molecular flexibility index (Phi) is 5.80. The van der Waals surface area contributed by atoms with E-state index in [2.05, 4.69) is 53.1 Å². The summed E-state index contributed by atoms with van der Waals surface area (Å²) in [5.74, 6) is -0.730. The molecular formula is C35H26N2O3. The van der Waals surface area contributed by atoms with Crippen LogP contribution in [0.4, 0.5) is 0 Å². The third kappa shape index (κ3) is 3.82. The van der Waals surface area contributed by atoms with E-state index in [1.807, 2.05) is 48.5 Å². The van der Waals surface area contributed by atoms with Crippen molar-refractivity contribution in [1.29, 1.82) is 0 Å². The van der Waals surface area contributed by atoms with Crippen LogP contribution in [0.5, 0.6) is 0 Å². The predicted molar refractivity (Wildman–Crippen MR) is 158 cm³/mol. The van der Waals surface area contributed by atoms with Gasteiger partial charge in [-0.15, -0.1) is 0 Å². The molecule has 0 aliphatic carbocycles. The number of hydrogen-bond acceptors (Lipinski definition) is 3. The molecule has 2 amide bonds. The van der Waals surface area contributed by atoms with Gasteiger partial charge in [0.15, 0.2) is 0 Å². The maximum absolute atomic E-state index is 13.0. The molecule has 5 nitrogen and oxygen atoms in total. The van der Waals surface area contributed by atoms with Crippen LogP contribution in [-0.2, 0) is 6.54 Å². The molecule has 1 aliphatic heterocycles. The van der Waals surface area contributed by atoms with E-state index >= 15 is 0 Å². The zero-order valence-electron chi connectivity index (χ0n) is 21.7. The number of aliphatic hydroxyl groups excluding tert-OH is 1. The van der Waals surface area contributed by atoms with Gasteiger partial charge >= 0.3 is 0 Å². The number of aliphatic hydroxyl groups is 1. The van der Waals surface area contributed by atoms with E-state index in [1.54, 1.807) is 24.3 Å². The van der Waals surface area contributed by atoms with Gasteiger partial charge in [0.2, 0.25) is 0 Å². The number of benzene rings is 5. The molecule has 0 fully saturated rings. The molecule has 5 heteroatoms. The number of fused-ring (bicyclic) bond motifs is 4. The fraction of sp³-hybridized carbons (Fsp3) is 0.0857. The Bertz CT molecular complexity index is 1870. The second kappa shape index (κ2) is 9.63. The van der Waals surface area contributed by atoms with E-state index in [0.29, 0.717) is 11.1 Å². The van der Waals surface area contributed by atoms with Gasteiger partial charge in [-0.05, 0) is 28.6 Å². The fourth-order valence-corrected chi connectivity index (χ4v) is 5.98. The maximum atomic E-state index is 13.0. The number of carbonyl (C=O) groups excluding carboxylic acids is 2. The first kappa shape index (κ1) is 24.1. The van der Waals surface area contributed by atoms with Gasteiger partial charge in [-0.3, -0.25) is 14.5 Å². The number of nitrogens with zero attached hydrogens (tertiary/aromatic N) is 2. The Morgan fingerprint density at radius 3 is 1.82 bits per heavy atom. The van der Waals surface area contributed by atoms with E-state index in [9.17, 15) is 14.7 Å². The van der Waals surface area contributed by atoms with Crippen LogP contribution in [0.2, 0.25) is 0 Å². The van der Waals surface area contributed by atoms with Crippen molar-refractivity contribution in [3.8, 4) is 22.4 Å². The van der Waals surface area contributed by atoms with E-state index in [0.717, 1.165) is 44.1 Å². The molecule has 0 bridgehead atoms. The van der Waals surface area contributed by atoms with Crippen molar-refractivity contribution >= 4 is 33.5 Å². The molecule has 0 radical (unpaired) electrons. The van der Waals surface area contributed by atoms with Crippen molar-refractivity contribution in [2.45, 2.75) is 12.6 Å². The average molecular weight is 523 g/mol. The van der Waals surface area contributed by atoms with Crippen LogP contribution in [-0.4, -0.2) is 39.0 Å². The first-order valence-corrected chi connectivity index (χ1v) is 13.4. The molecule has 7 rings (SSSR count). The highest BCUT2D eigenvalue weighted by atomic mass is 16.3. The monoisotopic (exact) mass is 522 g/mol. The Hall–Kier alpha value is -5.00. The van der Waals surface area contributed by atoms with Gasteiger partial charge in [-0.25, -0.2) is 0 Å². The summed E-state index contributed by atoms with van der Waals surface area (Å²) in [6.45, 7) is 0.112. The van der Waals surface area contributed by atoms with Crippen molar-refractivity contribution in [3.63, 3.8) is 0 Å². The Morgan fingerprint density at radius 1 is 0.575 bits per heavy atom. The van der Waals surface area contributed by atoms with Crippen LogP contribution in [0.25, 0.3) is 44.1 Å². The zero-order valence-corrected chi connectivity index (χ0v) is 21.7. The summed E-state index contributed by atoms with van der Waals surface area (Å²) in [5.41, 5.74) is 5.95. The minimum atomic E-state index is -0.983. The summed E-state index contributed by atoms with van der Waals surface area (Å²) in [4.78, 5) is 27.3. The minimum absolute atomic E-state index is 0.0916. The van der Waals surface area contributed by atoms with E-state index in [1.165, 1.54) is 4.90 Å². The van der Waals surface area contributed by atoms with Gasteiger partial charge in [0.25, 0.3) is 11.8 Å². The molecule has 6 aromatic rings. The number of imide groups is 1. The van der Waals surface area contributed by atoms with Crippen molar-refractivity contribution < 1.29 is 14.7 Å². The third-order valence-electron chi connectivity index (χ3n) is 7.72. The van der Waals surface area contributed by atoms with E-state index in [4.69, 9.17) is 0 Å². The normalized spacial score (nSPS) is 13.8. The summed E-state index contributed by atoms with van der Waals surface area (Å²) in [7, 11) is 0.